The summed E-state index contributed by atoms with van der Waals surface area (Å²) in [6.45, 7) is 2.35. The molecule has 1 amide bonds. The topological polar surface area (TPSA) is 121 Å². The average molecular weight is 318 g/mol. The van der Waals surface area contributed by atoms with Gasteiger partial charge < -0.3 is 20.9 Å². The van der Waals surface area contributed by atoms with Gasteiger partial charge in [-0.3, -0.25) is 4.98 Å². The molecule has 7 heteroatoms. The monoisotopic (exact) mass is 318 g/mol. The van der Waals surface area contributed by atoms with Crippen molar-refractivity contribution in [2.75, 3.05) is 12.3 Å². The van der Waals surface area contributed by atoms with Crippen LogP contribution in [0.25, 0.3) is 0 Å². The Morgan fingerprint density at radius 3 is 3.04 bits per heavy atom. The van der Waals surface area contributed by atoms with E-state index in [-0.39, 0.29) is 24.0 Å². The van der Waals surface area contributed by atoms with Crippen LogP contribution < -0.4 is 11.1 Å². The van der Waals surface area contributed by atoms with Crippen molar-refractivity contribution >= 4 is 11.8 Å². The molecule has 0 aliphatic heterocycles. The molecule has 1 saturated carbocycles. The van der Waals surface area contributed by atoms with Gasteiger partial charge in [-0.05, 0) is 36.3 Å². The molecular weight excluding hydrogens is 296 g/mol. The lowest BCUT2D eigenvalue weighted by Gasteiger charge is -2.40. The van der Waals surface area contributed by atoms with E-state index in [9.17, 15) is 4.79 Å². The van der Waals surface area contributed by atoms with Crippen molar-refractivity contribution in [3.05, 3.63) is 24.0 Å². The third-order valence-electron chi connectivity index (χ3n) is 4.31. The number of ether oxygens (including phenoxy) is 1. The summed E-state index contributed by atoms with van der Waals surface area (Å²) < 4.78 is 5.77. The van der Waals surface area contributed by atoms with E-state index >= 15 is 0 Å². The zero-order chi connectivity index (χ0) is 16.8. The maximum Gasteiger partial charge on any atom is 0.404 e. The molecule has 1 heterocycles. The number of amides is 1. The number of nitrogen functional groups attached to an aromatic ring is 1. The van der Waals surface area contributed by atoms with Gasteiger partial charge in [-0.2, -0.15) is 5.26 Å². The van der Waals surface area contributed by atoms with Gasteiger partial charge >= 0.3 is 6.09 Å². The van der Waals surface area contributed by atoms with Gasteiger partial charge in [0.2, 0.25) is 0 Å². The van der Waals surface area contributed by atoms with Gasteiger partial charge in [-0.15, -0.1) is 0 Å². The molecule has 0 bridgehead atoms. The fraction of sp³-hybridized carbons (Fsp3) is 0.562. The molecule has 4 atom stereocenters. The first-order valence-electron chi connectivity index (χ1n) is 7.70. The van der Waals surface area contributed by atoms with E-state index in [1.165, 1.54) is 0 Å². The predicted molar refractivity (Wildman–Crippen MR) is 84.7 cm³/mol. The first-order valence-corrected chi connectivity index (χ1v) is 7.70. The van der Waals surface area contributed by atoms with E-state index in [4.69, 9.17) is 20.8 Å². The molecule has 1 aliphatic carbocycles. The molecule has 1 fully saturated rings. The van der Waals surface area contributed by atoms with Crippen molar-refractivity contribution in [2.24, 2.45) is 5.92 Å². The second-order valence-electron chi connectivity index (χ2n) is 5.95. The van der Waals surface area contributed by atoms with Crippen molar-refractivity contribution in [1.82, 2.24) is 10.3 Å². The molecule has 23 heavy (non-hydrogen) atoms. The summed E-state index contributed by atoms with van der Waals surface area (Å²) in [7, 11) is 0. The Hall–Kier alpha value is -2.33. The van der Waals surface area contributed by atoms with Crippen LogP contribution in [0.2, 0.25) is 0 Å². The minimum absolute atomic E-state index is 0.150. The van der Waals surface area contributed by atoms with Crippen LogP contribution in [0.4, 0.5) is 10.5 Å². The van der Waals surface area contributed by atoms with Crippen LogP contribution in [-0.2, 0) is 4.74 Å². The van der Waals surface area contributed by atoms with Gasteiger partial charge in [-0.25, -0.2) is 4.79 Å². The van der Waals surface area contributed by atoms with Gasteiger partial charge in [0.1, 0.15) is 0 Å². The number of pyridine rings is 1. The van der Waals surface area contributed by atoms with Gasteiger partial charge in [0, 0.05) is 6.20 Å². The summed E-state index contributed by atoms with van der Waals surface area (Å²) >= 11 is 0. The van der Waals surface area contributed by atoms with Crippen molar-refractivity contribution < 1.29 is 14.6 Å². The minimum atomic E-state index is -1.07. The molecule has 1 aromatic rings. The van der Waals surface area contributed by atoms with Crippen molar-refractivity contribution in [3.8, 4) is 6.07 Å². The number of carbonyl (C=O) groups is 1. The highest BCUT2D eigenvalue weighted by molar-refractivity contribution is 5.65. The van der Waals surface area contributed by atoms with Crippen LogP contribution in [-0.4, -0.2) is 34.9 Å². The molecule has 1 aliphatic rings. The van der Waals surface area contributed by atoms with Gasteiger partial charge in [0.15, 0.2) is 0 Å². The van der Waals surface area contributed by atoms with Crippen molar-refractivity contribution in [2.45, 2.75) is 44.2 Å². The number of hydrogen-bond donors (Lipinski definition) is 3. The number of nitriles is 1. The molecule has 0 unspecified atom stereocenters. The minimum Gasteiger partial charge on any atom is -0.465 e. The van der Waals surface area contributed by atoms with Crippen LogP contribution in [0.1, 0.15) is 37.7 Å². The molecule has 0 aromatic carbocycles. The third-order valence-corrected chi connectivity index (χ3v) is 4.31. The predicted octanol–water partition coefficient (Wildman–Crippen LogP) is 2.11. The molecule has 2 rings (SSSR count). The zero-order valence-corrected chi connectivity index (χ0v) is 13.1. The number of nitrogens with zero attached hydrogens (tertiary/aromatic N) is 2. The number of nitrogens with one attached hydrogen (secondary N) is 1. The van der Waals surface area contributed by atoms with Gasteiger partial charge in [-0.1, -0.05) is 6.92 Å². The maximum absolute atomic E-state index is 11.1. The standard InChI is InChI=1S/C16H22N4O3/c1-10-7-11(12-3-5-19-9-13(12)18)8-14(20-16(21)22)15(10)23-6-2-4-17/h3,5,9-11,14-15,20H,2,6-8,18H2,1H3,(H,21,22)/t10-,11+,14+,15-/m0/s1. The Balaban J connectivity index is 2.15. The summed E-state index contributed by atoms with van der Waals surface area (Å²) in [5.41, 5.74) is 7.64. The number of carboxylic acid groups (broad SMARTS) is 1. The molecule has 0 saturated heterocycles. The lowest BCUT2D eigenvalue weighted by atomic mass is 9.74. The van der Waals surface area contributed by atoms with E-state index in [0.29, 0.717) is 25.1 Å². The molecule has 0 spiro atoms. The number of anilines is 1. The first-order chi connectivity index (χ1) is 11.0. The Kier molecular flexibility index (Phi) is 5.77. The van der Waals surface area contributed by atoms with Crippen LogP contribution in [0.5, 0.6) is 0 Å². The summed E-state index contributed by atoms with van der Waals surface area (Å²) in [6, 6.07) is 3.60. The van der Waals surface area contributed by atoms with Gasteiger partial charge in [0.25, 0.3) is 0 Å². The Morgan fingerprint density at radius 1 is 1.61 bits per heavy atom. The van der Waals surface area contributed by atoms with E-state index in [0.717, 1.165) is 12.0 Å². The van der Waals surface area contributed by atoms with Crippen LogP contribution in [0.3, 0.4) is 0 Å². The second kappa shape index (κ2) is 7.79. The third kappa shape index (κ3) is 4.33. The van der Waals surface area contributed by atoms with E-state index < -0.39 is 6.09 Å². The van der Waals surface area contributed by atoms with Gasteiger partial charge in [0.05, 0.1) is 43.1 Å². The van der Waals surface area contributed by atoms with E-state index in [1.807, 2.05) is 19.1 Å². The molecular formula is C16H22N4O3. The lowest BCUT2D eigenvalue weighted by molar-refractivity contribution is -0.0280. The normalized spacial score (nSPS) is 27.1. The second-order valence-corrected chi connectivity index (χ2v) is 5.95. The maximum atomic E-state index is 11.1. The number of nitrogens with two attached hydrogens (primary N) is 1. The van der Waals surface area contributed by atoms with Crippen molar-refractivity contribution in [3.63, 3.8) is 0 Å². The Morgan fingerprint density at radius 2 is 2.39 bits per heavy atom. The zero-order valence-electron chi connectivity index (χ0n) is 13.1. The number of rotatable bonds is 5. The highest BCUT2D eigenvalue weighted by atomic mass is 16.5. The number of hydrogen-bond acceptors (Lipinski definition) is 5. The molecule has 7 nitrogen and oxygen atoms in total. The van der Waals surface area contributed by atoms with E-state index in [2.05, 4.69) is 10.3 Å². The molecule has 0 radical (unpaired) electrons. The summed E-state index contributed by atoms with van der Waals surface area (Å²) in [5, 5.41) is 20.3. The largest absolute Gasteiger partial charge is 0.465 e. The molecule has 124 valence electrons. The highest BCUT2D eigenvalue weighted by Crippen LogP contribution is 2.39. The average Bonchev–Trinajstić information content (AvgIpc) is 2.49. The summed E-state index contributed by atoms with van der Waals surface area (Å²) in [4.78, 5) is 15.1. The first kappa shape index (κ1) is 17.0. The fourth-order valence-electron chi connectivity index (χ4n) is 3.38. The fourth-order valence-corrected chi connectivity index (χ4v) is 3.38. The Labute approximate surface area is 135 Å². The summed E-state index contributed by atoms with van der Waals surface area (Å²) in [6.07, 6.45) is 3.77. The quantitative estimate of drug-likeness (QED) is 0.715. The van der Waals surface area contributed by atoms with Crippen LogP contribution >= 0.6 is 0 Å². The highest BCUT2D eigenvalue weighted by Gasteiger charge is 2.38. The molecule has 4 N–H and O–H groups in total. The smallest absolute Gasteiger partial charge is 0.404 e. The van der Waals surface area contributed by atoms with Crippen molar-refractivity contribution in [1.29, 1.82) is 5.26 Å². The SMILES string of the molecule is C[C@H]1C[C@@H](c2ccncc2N)C[C@@H](NC(=O)O)[C@H]1OCCC#N. The van der Waals surface area contributed by atoms with E-state index in [1.54, 1.807) is 12.4 Å². The lowest BCUT2D eigenvalue weighted by Crippen LogP contribution is -2.51. The van der Waals surface area contributed by atoms with Crippen LogP contribution in [0, 0.1) is 17.2 Å². The number of aromatic nitrogens is 1. The van der Waals surface area contributed by atoms with Crippen LogP contribution in [0.15, 0.2) is 18.5 Å². The molecule has 1 aromatic heterocycles. The summed E-state index contributed by atoms with van der Waals surface area (Å²) in [5.74, 6) is 0.303. The Bertz CT molecular complexity index is 587.